The van der Waals surface area contributed by atoms with Crippen molar-refractivity contribution in [2.24, 2.45) is 0 Å². The molecule has 1 rings (SSSR count). The van der Waals surface area contributed by atoms with E-state index in [-0.39, 0.29) is 23.3 Å². The van der Waals surface area contributed by atoms with E-state index in [1.165, 1.54) is 0 Å². The van der Waals surface area contributed by atoms with Crippen molar-refractivity contribution in [2.75, 3.05) is 41.4 Å². The lowest BCUT2D eigenvalue weighted by molar-refractivity contribution is 0.597. The van der Waals surface area contributed by atoms with Crippen LogP contribution in [0, 0.1) is 0 Å². The minimum atomic E-state index is -3.01. The molecule has 0 aliphatic heterocycles. The van der Waals surface area contributed by atoms with Gasteiger partial charge in [0.25, 0.3) is 0 Å². The lowest BCUT2D eigenvalue weighted by atomic mass is 10.5. The molecule has 0 bridgehead atoms. The van der Waals surface area contributed by atoms with Crippen LogP contribution in [-0.2, 0) is 9.84 Å². The Morgan fingerprint density at radius 1 is 1.15 bits per heavy atom. The molecule has 1 N–H and O–H groups in total. The number of nitrogens with one attached hydrogen (secondary N) is 1. The molecule has 1 heterocycles. The first-order valence-electron chi connectivity index (χ1n) is 6.52. The third kappa shape index (κ3) is 5.09. The molecule has 0 unspecified atom stereocenters. The van der Waals surface area contributed by atoms with Crippen molar-refractivity contribution >= 4 is 33.3 Å². The monoisotopic (exact) mass is 321 g/mol. The summed E-state index contributed by atoms with van der Waals surface area (Å²) in [7, 11) is -3.01. The minimum absolute atomic E-state index is 0.0351. The molecule has 7 nitrogen and oxygen atoms in total. The first-order chi connectivity index (χ1) is 9.41. The number of anilines is 2. The second-order valence-corrected chi connectivity index (χ2v) is 6.87. The first kappa shape index (κ1) is 16.9. The number of nitrogens with zero attached hydrogens (tertiary/aromatic N) is 4. The van der Waals surface area contributed by atoms with Crippen LogP contribution in [0.2, 0.25) is 5.28 Å². The van der Waals surface area contributed by atoms with E-state index in [0.29, 0.717) is 11.9 Å². The standard InChI is InChI=1S/C11H20ClN5O2S/c1-4-17(5-2)11-15-9(12)14-10(16-11)13-7-8-20(18,19)6-3/h4-8H2,1-3H3,(H,13,14,15,16). The van der Waals surface area contributed by atoms with Crippen LogP contribution in [0.1, 0.15) is 20.8 Å². The Labute approximate surface area is 124 Å². The molecule has 0 aliphatic carbocycles. The Balaban J connectivity index is 2.76. The van der Waals surface area contributed by atoms with Crippen molar-refractivity contribution < 1.29 is 8.42 Å². The lowest BCUT2D eigenvalue weighted by Gasteiger charge is -2.18. The fourth-order valence-electron chi connectivity index (χ4n) is 1.53. The van der Waals surface area contributed by atoms with Crippen LogP contribution in [0.15, 0.2) is 0 Å². The SMILES string of the molecule is CCN(CC)c1nc(Cl)nc(NCCS(=O)(=O)CC)n1. The van der Waals surface area contributed by atoms with E-state index >= 15 is 0 Å². The average molecular weight is 322 g/mol. The molecule has 0 fully saturated rings. The molecule has 0 amide bonds. The van der Waals surface area contributed by atoms with Gasteiger partial charge in [-0.1, -0.05) is 6.92 Å². The van der Waals surface area contributed by atoms with Crippen LogP contribution in [0.25, 0.3) is 0 Å². The molecule has 1 aromatic rings. The van der Waals surface area contributed by atoms with Crippen molar-refractivity contribution in [2.45, 2.75) is 20.8 Å². The maximum Gasteiger partial charge on any atom is 0.231 e. The molecular formula is C11H20ClN5O2S. The van der Waals surface area contributed by atoms with Crippen molar-refractivity contribution in [3.8, 4) is 0 Å². The van der Waals surface area contributed by atoms with Crippen molar-refractivity contribution in [1.29, 1.82) is 0 Å². The molecule has 0 saturated carbocycles. The van der Waals surface area contributed by atoms with Crippen LogP contribution in [0.5, 0.6) is 0 Å². The van der Waals surface area contributed by atoms with E-state index in [1.807, 2.05) is 18.7 Å². The van der Waals surface area contributed by atoms with Gasteiger partial charge in [0.2, 0.25) is 17.2 Å². The van der Waals surface area contributed by atoms with E-state index in [1.54, 1.807) is 6.92 Å². The van der Waals surface area contributed by atoms with Gasteiger partial charge in [-0.2, -0.15) is 15.0 Å². The summed E-state index contributed by atoms with van der Waals surface area (Å²) in [6, 6.07) is 0. The highest BCUT2D eigenvalue weighted by molar-refractivity contribution is 7.91. The highest BCUT2D eigenvalue weighted by Crippen LogP contribution is 2.13. The van der Waals surface area contributed by atoms with E-state index in [2.05, 4.69) is 20.3 Å². The largest absolute Gasteiger partial charge is 0.353 e. The molecule has 0 atom stereocenters. The Hall–Kier alpha value is -1.15. The van der Waals surface area contributed by atoms with Gasteiger partial charge < -0.3 is 10.2 Å². The second-order valence-electron chi connectivity index (χ2n) is 4.06. The van der Waals surface area contributed by atoms with Crippen LogP contribution < -0.4 is 10.2 Å². The first-order valence-corrected chi connectivity index (χ1v) is 8.72. The summed E-state index contributed by atoms with van der Waals surface area (Å²) < 4.78 is 22.8. The predicted octanol–water partition coefficient (Wildman–Crippen LogP) is 1.22. The van der Waals surface area contributed by atoms with Gasteiger partial charge in [-0.3, -0.25) is 0 Å². The van der Waals surface area contributed by atoms with Gasteiger partial charge in [-0.25, -0.2) is 8.42 Å². The van der Waals surface area contributed by atoms with Gasteiger partial charge in [0, 0.05) is 25.4 Å². The molecule has 0 saturated heterocycles. The van der Waals surface area contributed by atoms with Crippen molar-refractivity contribution in [3.05, 3.63) is 5.28 Å². The summed E-state index contributed by atoms with van der Waals surface area (Å²) in [5.74, 6) is 0.930. The van der Waals surface area contributed by atoms with E-state index in [4.69, 9.17) is 11.6 Å². The molecule has 0 spiro atoms. The molecule has 0 aliphatic rings. The Kier molecular flexibility index (Phi) is 6.41. The number of halogens is 1. The van der Waals surface area contributed by atoms with Gasteiger partial charge in [0.1, 0.15) is 0 Å². The molecule has 0 aromatic carbocycles. The van der Waals surface area contributed by atoms with Gasteiger partial charge in [-0.05, 0) is 25.4 Å². The molecule has 1 aromatic heterocycles. The maximum atomic E-state index is 11.4. The summed E-state index contributed by atoms with van der Waals surface area (Å²) in [6.07, 6.45) is 0. The fraction of sp³-hybridized carbons (Fsp3) is 0.727. The van der Waals surface area contributed by atoms with Crippen LogP contribution in [-0.4, -0.2) is 54.5 Å². The lowest BCUT2D eigenvalue weighted by Crippen LogP contribution is -2.25. The zero-order valence-electron chi connectivity index (χ0n) is 11.9. The van der Waals surface area contributed by atoms with Crippen LogP contribution in [0.3, 0.4) is 0 Å². The highest BCUT2D eigenvalue weighted by Gasteiger charge is 2.11. The normalized spacial score (nSPS) is 11.4. The Bertz CT molecular complexity index is 534. The quantitative estimate of drug-likeness (QED) is 0.770. The molecule has 9 heteroatoms. The summed E-state index contributed by atoms with van der Waals surface area (Å²) in [6.45, 7) is 7.34. The Morgan fingerprint density at radius 2 is 1.80 bits per heavy atom. The van der Waals surface area contributed by atoms with Gasteiger partial charge >= 0.3 is 0 Å². The smallest absolute Gasteiger partial charge is 0.231 e. The van der Waals surface area contributed by atoms with Crippen LogP contribution in [0.4, 0.5) is 11.9 Å². The molecule has 114 valence electrons. The summed E-state index contributed by atoms with van der Waals surface area (Å²) >= 11 is 5.86. The Morgan fingerprint density at radius 3 is 2.35 bits per heavy atom. The van der Waals surface area contributed by atoms with Gasteiger partial charge in [0.15, 0.2) is 9.84 Å². The van der Waals surface area contributed by atoms with Gasteiger partial charge in [0.05, 0.1) is 5.75 Å². The second kappa shape index (κ2) is 7.58. The summed E-state index contributed by atoms with van der Waals surface area (Å²) in [5, 5.41) is 2.95. The van der Waals surface area contributed by atoms with Crippen molar-refractivity contribution in [3.63, 3.8) is 0 Å². The maximum absolute atomic E-state index is 11.4. The number of aromatic nitrogens is 3. The zero-order chi connectivity index (χ0) is 15.2. The third-order valence-electron chi connectivity index (χ3n) is 2.78. The van der Waals surface area contributed by atoms with E-state index in [9.17, 15) is 8.42 Å². The fourth-order valence-corrected chi connectivity index (χ4v) is 2.39. The minimum Gasteiger partial charge on any atom is -0.353 e. The highest BCUT2D eigenvalue weighted by atomic mass is 35.5. The number of sulfone groups is 1. The molecule has 20 heavy (non-hydrogen) atoms. The van der Waals surface area contributed by atoms with Gasteiger partial charge in [-0.15, -0.1) is 0 Å². The zero-order valence-corrected chi connectivity index (χ0v) is 13.5. The van der Waals surface area contributed by atoms with E-state index in [0.717, 1.165) is 13.1 Å². The molecular weight excluding hydrogens is 302 g/mol. The number of hydrogen-bond donors (Lipinski definition) is 1. The molecule has 0 radical (unpaired) electrons. The number of hydrogen-bond acceptors (Lipinski definition) is 7. The summed E-state index contributed by atoms with van der Waals surface area (Å²) in [4.78, 5) is 14.2. The predicted molar refractivity (Wildman–Crippen MR) is 81.2 cm³/mol. The topological polar surface area (TPSA) is 88.1 Å². The van der Waals surface area contributed by atoms with Crippen LogP contribution >= 0.6 is 11.6 Å². The van der Waals surface area contributed by atoms with Crippen molar-refractivity contribution in [1.82, 2.24) is 15.0 Å². The van der Waals surface area contributed by atoms with E-state index < -0.39 is 9.84 Å². The average Bonchev–Trinajstić information content (AvgIpc) is 2.39. The third-order valence-corrected chi connectivity index (χ3v) is 4.65. The summed E-state index contributed by atoms with van der Waals surface area (Å²) in [5.41, 5.74) is 0. The number of rotatable bonds is 8.